The van der Waals surface area contributed by atoms with Crippen LogP contribution in [0.15, 0.2) is 65.5 Å². The molecule has 1 aromatic rings. The van der Waals surface area contributed by atoms with Crippen LogP contribution in [0.3, 0.4) is 0 Å². The summed E-state index contributed by atoms with van der Waals surface area (Å²) in [5.41, 5.74) is 4.46. The molecular formula is C22H26O2. The summed E-state index contributed by atoms with van der Waals surface area (Å²) >= 11 is 0. The topological polar surface area (TPSA) is 18.5 Å². The molecular weight excluding hydrogens is 296 g/mol. The van der Waals surface area contributed by atoms with Gasteiger partial charge in [-0.2, -0.15) is 0 Å². The zero-order chi connectivity index (χ0) is 16.7. The summed E-state index contributed by atoms with van der Waals surface area (Å²) in [5.74, 6) is 2.15. The van der Waals surface area contributed by atoms with E-state index in [2.05, 4.69) is 63.3 Å². The molecule has 2 nitrogen and oxygen atoms in total. The van der Waals surface area contributed by atoms with Crippen LogP contribution in [0.2, 0.25) is 0 Å². The van der Waals surface area contributed by atoms with Gasteiger partial charge in [0.15, 0.2) is 0 Å². The molecule has 1 aromatic carbocycles. The van der Waals surface area contributed by atoms with Crippen molar-refractivity contribution in [3.63, 3.8) is 0 Å². The van der Waals surface area contributed by atoms with E-state index >= 15 is 0 Å². The largest absolute Gasteiger partial charge is 0.465 e. The SMILES string of the molecule is CC(C)(C)C1CC2=C1C1CC=CC=C1OC2OCc1ccccc1. The quantitative estimate of drug-likeness (QED) is 0.695. The van der Waals surface area contributed by atoms with Crippen molar-refractivity contribution in [1.82, 2.24) is 0 Å². The predicted octanol–water partition coefficient (Wildman–Crippen LogP) is 5.38. The smallest absolute Gasteiger partial charge is 0.222 e. The zero-order valence-corrected chi connectivity index (χ0v) is 14.8. The van der Waals surface area contributed by atoms with Crippen molar-refractivity contribution in [3.05, 3.63) is 71.0 Å². The summed E-state index contributed by atoms with van der Waals surface area (Å²) in [6.07, 6.45) is 8.43. The monoisotopic (exact) mass is 322 g/mol. The van der Waals surface area contributed by atoms with Crippen LogP contribution in [0, 0.1) is 17.3 Å². The van der Waals surface area contributed by atoms with Crippen LogP contribution in [0.1, 0.15) is 39.2 Å². The van der Waals surface area contributed by atoms with Gasteiger partial charge in [0.25, 0.3) is 0 Å². The van der Waals surface area contributed by atoms with Crippen molar-refractivity contribution in [1.29, 1.82) is 0 Å². The second kappa shape index (κ2) is 5.93. The fourth-order valence-corrected chi connectivity index (χ4v) is 4.10. The molecule has 3 atom stereocenters. The van der Waals surface area contributed by atoms with E-state index in [1.807, 2.05) is 6.07 Å². The Labute approximate surface area is 144 Å². The van der Waals surface area contributed by atoms with Gasteiger partial charge in [-0.15, -0.1) is 0 Å². The maximum Gasteiger partial charge on any atom is 0.222 e. The number of hydrogen-bond acceptors (Lipinski definition) is 2. The second-order valence-electron chi connectivity index (χ2n) is 8.14. The number of allylic oxidation sites excluding steroid dienone is 4. The number of benzene rings is 1. The van der Waals surface area contributed by atoms with Gasteiger partial charge in [-0.05, 0) is 47.0 Å². The highest BCUT2D eigenvalue weighted by Gasteiger charge is 2.48. The van der Waals surface area contributed by atoms with Gasteiger partial charge in [-0.3, -0.25) is 0 Å². The average Bonchev–Trinajstić information content (AvgIpc) is 2.52. The van der Waals surface area contributed by atoms with Crippen LogP contribution in [-0.2, 0) is 16.1 Å². The fourth-order valence-electron chi connectivity index (χ4n) is 4.10. The molecule has 0 fully saturated rings. The van der Waals surface area contributed by atoms with Crippen LogP contribution in [0.5, 0.6) is 0 Å². The van der Waals surface area contributed by atoms with Gasteiger partial charge in [0.05, 0.1) is 6.61 Å². The Morgan fingerprint density at radius 3 is 2.71 bits per heavy atom. The third-order valence-corrected chi connectivity index (χ3v) is 5.47. The summed E-state index contributed by atoms with van der Waals surface area (Å²) in [6, 6.07) is 10.3. The van der Waals surface area contributed by atoms with E-state index in [0.717, 1.165) is 18.6 Å². The summed E-state index contributed by atoms with van der Waals surface area (Å²) in [6.45, 7) is 7.63. The Balaban J connectivity index is 1.59. The molecule has 0 aromatic heterocycles. The molecule has 3 unspecified atom stereocenters. The van der Waals surface area contributed by atoms with E-state index in [1.54, 1.807) is 5.57 Å². The van der Waals surface area contributed by atoms with Crippen LogP contribution >= 0.6 is 0 Å². The summed E-state index contributed by atoms with van der Waals surface area (Å²) in [4.78, 5) is 0. The van der Waals surface area contributed by atoms with Crippen molar-refractivity contribution in [2.75, 3.05) is 0 Å². The number of hydrogen-bond donors (Lipinski definition) is 0. The van der Waals surface area contributed by atoms with Gasteiger partial charge >= 0.3 is 0 Å². The lowest BCUT2D eigenvalue weighted by molar-refractivity contribution is -0.124. The third-order valence-electron chi connectivity index (χ3n) is 5.47. The van der Waals surface area contributed by atoms with Crippen molar-refractivity contribution in [2.24, 2.45) is 17.3 Å². The van der Waals surface area contributed by atoms with Gasteiger partial charge in [0, 0.05) is 5.92 Å². The minimum absolute atomic E-state index is 0.215. The van der Waals surface area contributed by atoms with Gasteiger partial charge in [-0.25, -0.2) is 0 Å². The Kier molecular flexibility index (Phi) is 3.88. The standard InChI is InChI=1S/C22H26O2/c1-22(2,3)18-13-17-20(18)16-11-7-8-12-19(16)24-21(17)23-14-15-9-5-4-6-10-15/h4-10,12,16,18,21H,11,13-14H2,1-3H3. The Morgan fingerprint density at radius 2 is 1.96 bits per heavy atom. The molecule has 2 aliphatic carbocycles. The molecule has 0 saturated heterocycles. The summed E-state index contributed by atoms with van der Waals surface area (Å²) < 4.78 is 12.4. The van der Waals surface area contributed by atoms with E-state index in [0.29, 0.717) is 23.9 Å². The minimum Gasteiger partial charge on any atom is -0.465 e. The highest BCUT2D eigenvalue weighted by Crippen LogP contribution is 2.56. The van der Waals surface area contributed by atoms with E-state index < -0.39 is 0 Å². The number of fused-ring (bicyclic) bond motifs is 2. The number of rotatable bonds is 3. The number of ether oxygens (including phenoxy) is 2. The molecule has 0 radical (unpaired) electrons. The molecule has 24 heavy (non-hydrogen) atoms. The lowest BCUT2D eigenvalue weighted by Crippen LogP contribution is -2.44. The van der Waals surface area contributed by atoms with E-state index in [9.17, 15) is 0 Å². The molecule has 1 aliphatic heterocycles. The van der Waals surface area contributed by atoms with Crippen LogP contribution in [0.25, 0.3) is 0 Å². The van der Waals surface area contributed by atoms with Crippen LogP contribution in [0.4, 0.5) is 0 Å². The van der Waals surface area contributed by atoms with Crippen LogP contribution in [-0.4, -0.2) is 6.29 Å². The maximum atomic E-state index is 6.24. The molecule has 3 aliphatic rings. The summed E-state index contributed by atoms with van der Waals surface area (Å²) in [7, 11) is 0. The van der Waals surface area contributed by atoms with Gasteiger partial charge in [0.2, 0.25) is 6.29 Å². The molecule has 0 N–H and O–H groups in total. The molecule has 0 bridgehead atoms. The van der Waals surface area contributed by atoms with Crippen molar-refractivity contribution < 1.29 is 9.47 Å². The predicted molar refractivity (Wildman–Crippen MR) is 96.0 cm³/mol. The van der Waals surface area contributed by atoms with Gasteiger partial charge < -0.3 is 9.47 Å². The highest BCUT2D eigenvalue weighted by atomic mass is 16.7. The molecule has 126 valence electrons. The molecule has 1 heterocycles. The molecule has 0 saturated carbocycles. The normalized spacial score (nSPS) is 28.5. The second-order valence-corrected chi connectivity index (χ2v) is 8.14. The van der Waals surface area contributed by atoms with E-state index in [4.69, 9.17) is 9.47 Å². The molecule has 0 amide bonds. The molecule has 4 rings (SSSR count). The van der Waals surface area contributed by atoms with Crippen molar-refractivity contribution in [2.45, 2.75) is 46.5 Å². The van der Waals surface area contributed by atoms with Crippen LogP contribution < -0.4 is 0 Å². The molecule has 0 spiro atoms. The van der Waals surface area contributed by atoms with Crippen molar-refractivity contribution in [3.8, 4) is 0 Å². The first-order chi connectivity index (χ1) is 11.5. The first-order valence-electron chi connectivity index (χ1n) is 8.96. The Hall–Kier alpha value is -1.80. The fraction of sp³-hybridized carbons (Fsp3) is 0.455. The molecule has 2 heteroatoms. The Bertz CT molecular complexity index is 703. The van der Waals surface area contributed by atoms with Gasteiger partial charge in [-0.1, -0.05) is 63.3 Å². The lowest BCUT2D eigenvalue weighted by Gasteiger charge is -2.51. The van der Waals surface area contributed by atoms with E-state index in [1.165, 1.54) is 11.1 Å². The Morgan fingerprint density at radius 1 is 1.17 bits per heavy atom. The summed E-state index contributed by atoms with van der Waals surface area (Å²) in [5, 5.41) is 0. The minimum atomic E-state index is -0.215. The zero-order valence-electron chi connectivity index (χ0n) is 14.8. The first kappa shape index (κ1) is 15.7. The van der Waals surface area contributed by atoms with Crippen molar-refractivity contribution >= 4 is 0 Å². The maximum absolute atomic E-state index is 6.24. The lowest BCUT2D eigenvalue weighted by atomic mass is 9.59. The van der Waals surface area contributed by atoms with E-state index in [-0.39, 0.29) is 6.29 Å². The first-order valence-corrected chi connectivity index (χ1v) is 8.96. The third kappa shape index (κ3) is 2.73. The van der Waals surface area contributed by atoms with Gasteiger partial charge in [0.1, 0.15) is 5.76 Å². The highest BCUT2D eigenvalue weighted by molar-refractivity contribution is 5.42. The average molecular weight is 322 g/mol.